The van der Waals surface area contributed by atoms with Gasteiger partial charge in [-0.25, -0.2) is 9.18 Å². The van der Waals surface area contributed by atoms with E-state index in [1.165, 1.54) is 23.8 Å². The van der Waals surface area contributed by atoms with Crippen LogP contribution in [0.1, 0.15) is 34.1 Å². The Morgan fingerprint density at radius 3 is 2.23 bits per heavy atom. The number of anilines is 1. The molecular weight excluding hydrogens is 399 g/mol. The van der Waals surface area contributed by atoms with E-state index in [2.05, 4.69) is 16.8 Å². The zero-order valence-corrected chi connectivity index (χ0v) is 19.8. The molecule has 2 aromatic heterocycles. The smallest absolute Gasteiger partial charge is 0.332 e. The highest BCUT2D eigenvalue weighted by Crippen LogP contribution is 2.23. The van der Waals surface area contributed by atoms with Crippen LogP contribution in [0.25, 0.3) is 11.2 Å². The molecule has 0 amide bonds. The molecule has 1 saturated heterocycles. The van der Waals surface area contributed by atoms with Gasteiger partial charge in [-0.3, -0.25) is 13.9 Å². The third-order valence-electron chi connectivity index (χ3n) is 5.55. The molecule has 1 aliphatic rings. The molecule has 0 N–H and O–H groups in total. The summed E-state index contributed by atoms with van der Waals surface area (Å²) in [6.07, 6.45) is 3.55. The molecule has 1 fully saturated rings. The normalized spacial score (nSPS) is 15.9. The number of piperazine rings is 1. The highest BCUT2D eigenvalue weighted by Gasteiger charge is 2.25. The Kier molecular flexibility index (Phi) is 8.38. The van der Waals surface area contributed by atoms with Gasteiger partial charge in [0, 0.05) is 46.8 Å². The summed E-state index contributed by atoms with van der Waals surface area (Å²) in [7, 11) is 5.15. The fraction of sp³-hybridized carbons (Fsp3) is 0.591. The number of aryl methyl sites for hydroxylation is 1. The number of aromatic nitrogens is 4. The minimum absolute atomic E-state index is 0.312. The average Bonchev–Trinajstić information content (AvgIpc) is 3.16. The van der Waals surface area contributed by atoms with Gasteiger partial charge >= 0.3 is 5.69 Å². The van der Waals surface area contributed by atoms with Crippen LogP contribution in [0, 0.1) is 0 Å². The third kappa shape index (κ3) is 4.98. The molecule has 3 heterocycles. The van der Waals surface area contributed by atoms with Crippen molar-refractivity contribution in [3.8, 4) is 0 Å². The second-order valence-electron chi connectivity index (χ2n) is 7.50. The van der Waals surface area contributed by atoms with E-state index in [-0.39, 0.29) is 5.83 Å². The minimum Gasteiger partial charge on any atom is -0.340 e. The quantitative estimate of drug-likeness (QED) is 0.676. The Labute approximate surface area is 182 Å². The first-order valence-corrected chi connectivity index (χ1v) is 10.9. The fourth-order valence-corrected chi connectivity index (χ4v) is 3.57. The molecule has 2 aromatic rings. The van der Waals surface area contributed by atoms with E-state index in [4.69, 9.17) is 4.98 Å². The monoisotopic (exact) mass is 434 g/mol. The van der Waals surface area contributed by atoms with Gasteiger partial charge in [0.25, 0.3) is 5.56 Å². The number of halogens is 1. The lowest BCUT2D eigenvalue weighted by molar-refractivity contribution is 0.310. The zero-order valence-electron chi connectivity index (χ0n) is 19.8. The SMILES string of the molecule is C/C=C(F)\C=C(/CC)Cn1c(N2CCN(C)CC2)nc2c1c(=O)n(C)c(=O)n2C.CC. The Hall–Kier alpha value is -2.68. The van der Waals surface area contributed by atoms with Gasteiger partial charge in [0.1, 0.15) is 5.83 Å². The predicted molar refractivity (Wildman–Crippen MR) is 125 cm³/mol. The number of hydrogen-bond donors (Lipinski definition) is 0. The van der Waals surface area contributed by atoms with Crippen LogP contribution in [0.5, 0.6) is 0 Å². The highest BCUT2D eigenvalue weighted by atomic mass is 19.1. The molecule has 0 aliphatic carbocycles. The van der Waals surface area contributed by atoms with Crippen LogP contribution in [0.4, 0.5) is 10.3 Å². The first-order chi connectivity index (χ1) is 14.8. The summed E-state index contributed by atoms with van der Waals surface area (Å²) in [6, 6.07) is 0. The van der Waals surface area contributed by atoms with Crippen LogP contribution in [-0.4, -0.2) is 56.8 Å². The number of imidazole rings is 1. The van der Waals surface area contributed by atoms with Gasteiger partial charge in [-0.15, -0.1) is 0 Å². The molecule has 0 spiro atoms. The maximum atomic E-state index is 13.9. The standard InChI is InChI=1S/C20H29FN6O2.C2H6/c1-6-14(12-15(21)7-2)13-27-16-17(24(4)20(29)25(5)18(16)28)22-19(27)26-10-8-23(3)9-11-26;1-2/h7,12H,6,8-11,13H2,1-5H3;1-2H3/b14-12+,15-7+;. The number of allylic oxidation sites excluding steroid dienone is 4. The molecular formula is C22H35FN6O2. The van der Waals surface area contributed by atoms with Crippen molar-refractivity contribution >= 4 is 17.1 Å². The molecule has 1 aliphatic heterocycles. The number of fused-ring (bicyclic) bond motifs is 1. The molecule has 0 saturated carbocycles. The summed E-state index contributed by atoms with van der Waals surface area (Å²) in [5, 5.41) is 0. The van der Waals surface area contributed by atoms with Gasteiger partial charge in [-0.1, -0.05) is 26.8 Å². The molecule has 31 heavy (non-hydrogen) atoms. The molecule has 0 unspecified atom stereocenters. The van der Waals surface area contributed by atoms with E-state index in [9.17, 15) is 14.0 Å². The van der Waals surface area contributed by atoms with E-state index < -0.39 is 11.2 Å². The lowest BCUT2D eigenvalue weighted by atomic mass is 10.1. The van der Waals surface area contributed by atoms with Crippen LogP contribution in [0.3, 0.4) is 0 Å². The summed E-state index contributed by atoms with van der Waals surface area (Å²) in [6.45, 7) is 11.2. The molecule has 8 nitrogen and oxygen atoms in total. The van der Waals surface area contributed by atoms with Crippen LogP contribution < -0.4 is 16.1 Å². The van der Waals surface area contributed by atoms with Crippen molar-refractivity contribution in [3.05, 3.63) is 44.4 Å². The van der Waals surface area contributed by atoms with Gasteiger partial charge in [-0.2, -0.15) is 4.98 Å². The fourth-order valence-electron chi connectivity index (χ4n) is 3.57. The summed E-state index contributed by atoms with van der Waals surface area (Å²) in [5.74, 6) is 0.333. The van der Waals surface area contributed by atoms with Crippen molar-refractivity contribution < 1.29 is 4.39 Å². The molecule has 0 bridgehead atoms. The Bertz CT molecular complexity index is 1080. The van der Waals surface area contributed by atoms with E-state index in [1.807, 2.05) is 25.3 Å². The van der Waals surface area contributed by atoms with Crippen molar-refractivity contribution in [1.29, 1.82) is 0 Å². The summed E-state index contributed by atoms with van der Waals surface area (Å²) >= 11 is 0. The van der Waals surface area contributed by atoms with E-state index >= 15 is 0 Å². The third-order valence-corrected chi connectivity index (χ3v) is 5.55. The lowest BCUT2D eigenvalue weighted by Gasteiger charge is -2.33. The van der Waals surface area contributed by atoms with Gasteiger partial charge in [0.15, 0.2) is 11.2 Å². The lowest BCUT2D eigenvalue weighted by Crippen LogP contribution is -2.45. The Balaban J connectivity index is 0.00000166. The van der Waals surface area contributed by atoms with Crippen LogP contribution in [0.2, 0.25) is 0 Å². The first-order valence-electron chi connectivity index (χ1n) is 10.9. The van der Waals surface area contributed by atoms with Gasteiger partial charge in [0.05, 0.1) is 0 Å². The second-order valence-corrected chi connectivity index (χ2v) is 7.50. The van der Waals surface area contributed by atoms with Crippen molar-refractivity contribution in [2.75, 3.05) is 38.1 Å². The van der Waals surface area contributed by atoms with Crippen LogP contribution in [-0.2, 0) is 20.6 Å². The molecule has 0 radical (unpaired) electrons. The maximum absolute atomic E-state index is 13.9. The van der Waals surface area contributed by atoms with Crippen molar-refractivity contribution in [2.45, 2.75) is 40.7 Å². The van der Waals surface area contributed by atoms with Crippen molar-refractivity contribution in [3.63, 3.8) is 0 Å². The molecule has 9 heteroatoms. The molecule has 172 valence electrons. The van der Waals surface area contributed by atoms with E-state index in [0.29, 0.717) is 30.1 Å². The van der Waals surface area contributed by atoms with Crippen LogP contribution >= 0.6 is 0 Å². The number of hydrogen-bond acceptors (Lipinski definition) is 5. The maximum Gasteiger partial charge on any atom is 0.332 e. The first kappa shape index (κ1) is 24.6. The Morgan fingerprint density at radius 2 is 1.68 bits per heavy atom. The average molecular weight is 435 g/mol. The predicted octanol–water partition coefficient (Wildman–Crippen LogP) is 2.42. The summed E-state index contributed by atoms with van der Waals surface area (Å²) in [4.78, 5) is 34.4. The van der Waals surface area contributed by atoms with Gasteiger partial charge in [0.2, 0.25) is 5.95 Å². The Morgan fingerprint density at radius 1 is 1.06 bits per heavy atom. The topological polar surface area (TPSA) is 68.3 Å². The van der Waals surface area contributed by atoms with Crippen molar-refractivity contribution in [2.24, 2.45) is 14.1 Å². The van der Waals surface area contributed by atoms with Crippen molar-refractivity contribution in [1.82, 2.24) is 23.6 Å². The highest BCUT2D eigenvalue weighted by molar-refractivity contribution is 5.74. The number of likely N-dealkylation sites (N-methyl/N-ethyl adjacent to an activating group) is 1. The minimum atomic E-state index is -0.414. The molecule has 0 aromatic carbocycles. The van der Waals surface area contributed by atoms with Gasteiger partial charge < -0.3 is 14.4 Å². The van der Waals surface area contributed by atoms with Gasteiger partial charge in [-0.05, 0) is 32.0 Å². The zero-order chi connectivity index (χ0) is 23.3. The second kappa shape index (κ2) is 10.6. The summed E-state index contributed by atoms with van der Waals surface area (Å²) < 4.78 is 18.2. The summed E-state index contributed by atoms with van der Waals surface area (Å²) in [5.41, 5.74) is 0.755. The van der Waals surface area contributed by atoms with Crippen LogP contribution in [0.15, 0.2) is 33.1 Å². The largest absolute Gasteiger partial charge is 0.340 e. The van der Waals surface area contributed by atoms with E-state index in [0.717, 1.165) is 36.3 Å². The molecule has 3 rings (SSSR count). The number of nitrogens with zero attached hydrogens (tertiary/aromatic N) is 6. The van der Waals surface area contributed by atoms with E-state index in [1.54, 1.807) is 14.0 Å². The molecule has 0 atom stereocenters. The number of rotatable bonds is 5.